The van der Waals surface area contributed by atoms with Crippen molar-refractivity contribution >= 4 is 23.7 Å². The number of rotatable bonds is 6. The van der Waals surface area contributed by atoms with Crippen LogP contribution in [0.15, 0.2) is 48.1 Å². The van der Waals surface area contributed by atoms with Crippen LogP contribution >= 0.6 is 11.8 Å². The molecule has 0 fully saturated rings. The molecule has 1 unspecified atom stereocenters. The lowest BCUT2D eigenvalue weighted by Gasteiger charge is -2.11. The molecule has 2 aromatic rings. The van der Waals surface area contributed by atoms with Crippen LogP contribution in [0.5, 0.6) is 0 Å². The van der Waals surface area contributed by atoms with E-state index in [4.69, 9.17) is 5.73 Å². The van der Waals surface area contributed by atoms with Crippen LogP contribution in [-0.4, -0.2) is 32.0 Å². The fourth-order valence-electron chi connectivity index (χ4n) is 1.91. The highest BCUT2D eigenvalue weighted by Crippen LogP contribution is 2.26. The monoisotopic (exact) mass is 331 g/mol. The number of urea groups is 1. The molecule has 1 aromatic heterocycles. The maximum Gasteiger partial charge on any atom is 0.318 e. The van der Waals surface area contributed by atoms with Gasteiger partial charge in [-0.2, -0.15) is 0 Å². The number of nitrogens with one attached hydrogen (secondary N) is 1. The molecule has 1 atom stereocenters. The molecule has 120 valence electrons. The highest BCUT2D eigenvalue weighted by atomic mass is 32.2. The molecule has 1 heterocycles. The predicted molar refractivity (Wildman–Crippen MR) is 88.7 cm³/mol. The second kappa shape index (κ2) is 7.59. The van der Waals surface area contributed by atoms with E-state index in [0.29, 0.717) is 17.5 Å². The zero-order valence-corrected chi connectivity index (χ0v) is 13.4. The highest BCUT2D eigenvalue weighted by Gasteiger charge is 2.21. The first-order valence-electron chi connectivity index (χ1n) is 6.89. The SMILES string of the molecule is C=CCn1c(SC(C)C(=O)NC(N)=O)nnc1-c1ccccc1. The van der Waals surface area contributed by atoms with Gasteiger partial charge in [-0.1, -0.05) is 48.2 Å². The van der Waals surface area contributed by atoms with Crippen LogP contribution in [0.25, 0.3) is 11.4 Å². The second-order valence-electron chi connectivity index (χ2n) is 4.69. The van der Waals surface area contributed by atoms with Crippen molar-refractivity contribution in [1.82, 2.24) is 20.1 Å². The number of hydrogen-bond acceptors (Lipinski definition) is 5. The number of nitrogens with zero attached hydrogens (tertiary/aromatic N) is 3. The van der Waals surface area contributed by atoms with Gasteiger partial charge in [0.1, 0.15) is 0 Å². The molecule has 7 nitrogen and oxygen atoms in total. The van der Waals surface area contributed by atoms with Crippen molar-refractivity contribution in [3.8, 4) is 11.4 Å². The van der Waals surface area contributed by atoms with Crippen molar-refractivity contribution in [1.29, 1.82) is 0 Å². The summed E-state index contributed by atoms with van der Waals surface area (Å²) in [6.45, 7) is 5.91. The summed E-state index contributed by atoms with van der Waals surface area (Å²) in [7, 11) is 0. The van der Waals surface area contributed by atoms with Crippen LogP contribution in [0.2, 0.25) is 0 Å². The molecule has 3 N–H and O–H groups in total. The van der Waals surface area contributed by atoms with Crippen molar-refractivity contribution < 1.29 is 9.59 Å². The molecular weight excluding hydrogens is 314 g/mol. The summed E-state index contributed by atoms with van der Waals surface area (Å²) in [5.41, 5.74) is 5.88. The van der Waals surface area contributed by atoms with Gasteiger partial charge in [-0.05, 0) is 6.92 Å². The smallest absolute Gasteiger partial charge is 0.318 e. The summed E-state index contributed by atoms with van der Waals surface area (Å²) in [4.78, 5) is 22.6. The molecule has 0 aliphatic rings. The number of aromatic nitrogens is 3. The number of amides is 3. The van der Waals surface area contributed by atoms with Crippen molar-refractivity contribution in [3.63, 3.8) is 0 Å². The van der Waals surface area contributed by atoms with Crippen LogP contribution in [0.4, 0.5) is 4.79 Å². The Labute approximate surface area is 138 Å². The highest BCUT2D eigenvalue weighted by molar-refractivity contribution is 8.00. The Balaban J connectivity index is 2.26. The van der Waals surface area contributed by atoms with Gasteiger partial charge in [-0.3, -0.25) is 14.7 Å². The van der Waals surface area contributed by atoms with Gasteiger partial charge in [-0.25, -0.2) is 4.79 Å². The third-order valence-corrected chi connectivity index (χ3v) is 4.04. The van der Waals surface area contributed by atoms with Gasteiger partial charge in [0.2, 0.25) is 5.91 Å². The molecule has 23 heavy (non-hydrogen) atoms. The van der Waals surface area contributed by atoms with Gasteiger partial charge in [0, 0.05) is 12.1 Å². The molecule has 0 bridgehead atoms. The lowest BCUT2D eigenvalue weighted by molar-refractivity contribution is -0.119. The number of hydrogen-bond donors (Lipinski definition) is 2. The fraction of sp³-hybridized carbons (Fsp3) is 0.200. The topological polar surface area (TPSA) is 103 Å². The van der Waals surface area contributed by atoms with Gasteiger partial charge in [0.15, 0.2) is 11.0 Å². The van der Waals surface area contributed by atoms with Gasteiger partial charge in [0.05, 0.1) is 5.25 Å². The van der Waals surface area contributed by atoms with Gasteiger partial charge in [0.25, 0.3) is 0 Å². The van der Waals surface area contributed by atoms with Crippen LogP contribution in [0.1, 0.15) is 6.92 Å². The maximum absolute atomic E-state index is 11.8. The Morgan fingerprint density at radius 3 is 2.70 bits per heavy atom. The standard InChI is InChI=1S/C15H17N5O2S/c1-3-9-20-12(11-7-5-4-6-8-11)18-19-15(20)23-10(2)13(21)17-14(16)22/h3-8,10H,1,9H2,2H3,(H3,16,17,21,22). The molecule has 1 aromatic carbocycles. The summed E-state index contributed by atoms with van der Waals surface area (Å²) < 4.78 is 1.86. The lowest BCUT2D eigenvalue weighted by atomic mass is 10.2. The molecule has 3 amide bonds. The minimum Gasteiger partial charge on any atom is -0.351 e. The minimum absolute atomic E-state index is 0.475. The molecule has 2 rings (SSSR count). The normalized spacial score (nSPS) is 11.7. The number of nitrogens with two attached hydrogens (primary N) is 1. The summed E-state index contributed by atoms with van der Waals surface area (Å²) in [6.07, 6.45) is 1.73. The Hall–Kier alpha value is -2.61. The molecule has 0 aliphatic carbocycles. The molecule has 0 saturated heterocycles. The van der Waals surface area contributed by atoms with Crippen LogP contribution in [-0.2, 0) is 11.3 Å². The molecule has 0 aliphatic heterocycles. The average Bonchev–Trinajstić information content (AvgIpc) is 2.90. The van der Waals surface area contributed by atoms with E-state index < -0.39 is 17.2 Å². The minimum atomic E-state index is -0.875. The van der Waals surface area contributed by atoms with Crippen molar-refractivity contribution in [2.45, 2.75) is 23.9 Å². The van der Waals surface area contributed by atoms with E-state index >= 15 is 0 Å². The van der Waals surface area contributed by atoms with Gasteiger partial charge < -0.3 is 5.73 Å². The van der Waals surface area contributed by atoms with Gasteiger partial charge in [-0.15, -0.1) is 16.8 Å². The third kappa shape index (κ3) is 4.19. The number of imide groups is 1. The maximum atomic E-state index is 11.8. The number of benzene rings is 1. The zero-order valence-electron chi connectivity index (χ0n) is 12.6. The zero-order chi connectivity index (χ0) is 16.8. The first-order chi connectivity index (χ1) is 11.0. The van der Waals surface area contributed by atoms with Crippen LogP contribution < -0.4 is 11.1 Å². The molecule has 8 heteroatoms. The van der Waals surface area contributed by atoms with E-state index in [-0.39, 0.29) is 0 Å². The quantitative estimate of drug-likeness (QED) is 0.620. The van der Waals surface area contributed by atoms with E-state index in [2.05, 4.69) is 22.1 Å². The van der Waals surface area contributed by atoms with E-state index in [1.807, 2.05) is 34.9 Å². The second-order valence-corrected chi connectivity index (χ2v) is 5.99. The summed E-state index contributed by atoms with van der Waals surface area (Å²) in [5.74, 6) is 0.215. The Morgan fingerprint density at radius 2 is 2.09 bits per heavy atom. The first kappa shape index (κ1) is 16.8. The summed E-state index contributed by atoms with van der Waals surface area (Å²) in [5, 5.41) is 10.4. The van der Waals surface area contributed by atoms with E-state index in [9.17, 15) is 9.59 Å². The third-order valence-electron chi connectivity index (χ3n) is 2.96. The predicted octanol–water partition coefficient (Wildman–Crippen LogP) is 1.81. The lowest BCUT2D eigenvalue weighted by Crippen LogP contribution is -2.39. The molecule has 0 saturated carbocycles. The summed E-state index contributed by atoms with van der Waals surface area (Å²) >= 11 is 1.20. The Bertz CT molecular complexity index is 714. The van der Waals surface area contributed by atoms with E-state index in [0.717, 1.165) is 5.56 Å². The van der Waals surface area contributed by atoms with Gasteiger partial charge >= 0.3 is 6.03 Å². The Morgan fingerprint density at radius 1 is 1.39 bits per heavy atom. The molecule has 0 spiro atoms. The first-order valence-corrected chi connectivity index (χ1v) is 7.77. The van der Waals surface area contributed by atoms with Crippen molar-refractivity contribution in [3.05, 3.63) is 43.0 Å². The molecule has 0 radical (unpaired) electrons. The van der Waals surface area contributed by atoms with Crippen LogP contribution in [0.3, 0.4) is 0 Å². The van der Waals surface area contributed by atoms with E-state index in [1.54, 1.807) is 13.0 Å². The van der Waals surface area contributed by atoms with Crippen LogP contribution in [0, 0.1) is 0 Å². The number of thioether (sulfide) groups is 1. The number of primary amides is 1. The number of allylic oxidation sites excluding steroid dienone is 1. The fourth-order valence-corrected chi connectivity index (χ4v) is 2.76. The van der Waals surface area contributed by atoms with Crippen molar-refractivity contribution in [2.24, 2.45) is 5.73 Å². The molecular formula is C15H17N5O2S. The largest absolute Gasteiger partial charge is 0.351 e. The number of carbonyl (C=O) groups excluding carboxylic acids is 2. The van der Waals surface area contributed by atoms with E-state index in [1.165, 1.54) is 11.8 Å². The Kier molecular flexibility index (Phi) is 5.53. The number of carbonyl (C=O) groups is 2. The average molecular weight is 331 g/mol. The summed E-state index contributed by atoms with van der Waals surface area (Å²) in [6, 6.07) is 8.74. The van der Waals surface area contributed by atoms with Crippen molar-refractivity contribution in [2.75, 3.05) is 0 Å².